The minimum Gasteiger partial charge on any atom is -0.494 e. The quantitative estimate of drug-likeness (QED) is 0.763. The summed E-state index contributed by atoms with van der Waals surface area (Å²) in [6, 6.07) is 7.79. The second-order valence-electron chi connectivity index (χ2n) is 4.63. The number of halogens is 1. The number of hydrogen-bond acceptors (Lipinski definition) is 3. The van der Waals surface area contributed by atoms with Crippen LogP contribution in [0.2, 0.25) is 5.15 Å². The fourth-order valence-corrected chi connectivity index (χ4v) is 2.36. The minimum absolute atomic E-state index is 0.543. The summed E-state index contributed by atoms with van der Waals surface area (Å²) < 4.78 is 5.56. The highest BCUT2D eigenvalue weighted by Crippen LogP contribution is 2.24. The standard InChI is InChI=1S/C16H19ClN2O/c1-4-10-20-13-8-6-12(7-9-13)16-18-11(3)14(5-2)15(17)19-16/h6-9H,4-5,10H2,1-3H3. The maximum Gasteiger partial charge on any atom is 0.161 e. The van der Waals surface area contributed by atoms with Gasteiger partial charge in [0.15, 0.2) is 5.82 Å². The van der Waals surface area contributed by atoms with E-state index in [1.54, 1.807) is 0 Å². The first kappa shape index (κ1) is 14.8. The van der Waals surface area contributed by atoms with Crippen LogP contribution in [0.15, 0.2) is 24.3 Å². The molecule has 1 heterocycles. The molecule has 0 aliphatic heterocycles. The Morgan fingerprint density at radius 1 is 1.10 bits per heavy atom. The van der Waals surface area contributed by atoms with Crippen molar-refractivity contribution in [3.63, 3.8) is 0 Å². The van der Waals surface area contributed by atoms with Crippen LogP contribution in [0.3, 0.4) is 0 Å². The summed E-state index contributed by atoms with van der Waals surface area (Å²) >= 11 is 6.21. The van der Waals surface area contributed by atoms with Gasteiger partial charge in [-0.3, -0.25) is 0 Å². The summed E-state index contributed by atoms with van der Waals surface area (Å²) in [4.78, 5) is 8.91. The summed E-state index contributed by atoms with van der Waals surface area (Å²) in [5, 5.41) is 0.543. The maximum atomic E-state index is 6.21. The molecule has 0 N–H and O–H groups in total. The fraction of sp³-hybridized carbons (Fsp3) is 0.375. The smallest absolute Gasteiger partial charge is 0.161 e. The van der Waals surface area contributed by atoms with Gasteiger partial charge < -0.3 is 4.74 Å². The van der Waals surface area contributed by atoms with Gasteiger partial charge in [0.25, 0.3) is 0 Å². The highest BCUT2D eigenvalue weighted by Gasteiger charge is 2.10. The van der Waals surface area contributed by atoms with E-state index < -0.39 is 0 Å². The lowest BCUT2D eigenvalue weighted by Gasteiger charge is -2.09. The molecule has 0 radical (unpaired) electrons. The van der Waals surface area contributed by atoms with Gasteiger partial charge >= 0.3 is 0 Å². The van der Waals surface area contributed by atoms with E-state index in [1.165, 1.54) is 0 Å². The molecule has 0 saturated heterocycles. The number of benzene rings is 1. The van der Waals surface area contributed by atoms with Gasteiger partial charge in [0.1, 0.15) is 10.9 Å². The molecule has 0 aliphatic carbocycles. The van der Waals surface area contributed by atoms with Gasteiger partial charge in [0, 0.05) is 16.8 Å². The largest absolute Gasteiger partial charge is 0.494 e. The number of aromatic nitrogens is 2. The Labute approximate surface area is 125 Å². The summed E-state index contributed by atoms with van der Waals surface area (Å²) in [5.41, 5.74) is 2.90. The lowest BCUT2D eigenvalue weighted by atomic mass is 10.1. The molecule has 0 fully saturated rings. The van der Waals surface area contributed by atoms with Crippen LogP contribution in [-0.2, 0) is 6.42 Å². The van der Waals surface area contributed by atoms with Crippen LogP contribution in [0.25, 0.3) is 11.4 Å². The molecule has 0 spiro atoms. The molecule has 0 aliphatic rings. The van der Waals surface area contributed by atoms with Crippen molar-refractivity contribution in [2.75, 3.05) is 6.61 Å². The zero-order valence-electron chi connectivity index (χ0n) is 12.1. The average molecular weight is 291 g/mol. The van der Waals surface area contributed by atoms with E-state index in [0.717, 1.165) is 42.0 Å². The summed E-state index contributed by atoms with van der Waals surface area (Å²) in [6.07, 6.45) is 1.84. The minimum atomic E-state index is 0.543. The lowest BCUT2D eigenvalue weighted by Crippen LogP contribution is -1.99. The van der Waals surface area contributed by atoms with Crippen molar-refractivity contribution in [2.24, 2.45) is 0 Å². The van der Waals surface area contributed by atoms with Crippen molar-refractivity contribution in [1.82, 2.24) is 9.97 Å². The first-order chi connectivity index (χ1) is 9.65. The molecule has 0 atom stereocenters. The second-order valence-corrected chi connectivity index (χ2v) is 4.99. The Bertz CT molecular complexity index is 559. The van der Waals surface area contributed by atoms with Crippen LogP contribution in [0.5, 0.6) is 5.75 Å². The molecule has 0 unspecified atom stereocenters. The second kappa shape index (κ2) is 6.71. The van der Waals surface area contributed by atoms with Crippen molar-refractivity contribution < 1.29 is 4.74 Å². The van der Waals surface area contributed by atoms with E-state index in [4.69, 9.17) is 16.3 Å². The highest BCUT2D eigenvalue weighted by atomic mass is 35.5. The summed E-state index contributed by atoms with van der Waals surface area (Å²) in [5.74, 6) is 1.52. The zero-order valence-corrected chi connectivity index (χ0v) is 12.9. The normalized spacial score (nSPS) is 10.6. The van der Waals surface area contributed by atoms with Gasteiger partial charge in [-0.05, 0) is 44.0 Å². The van der Waals surface area contributed by atoms with Gasteiger partial charge in [-0.25, -0.2) is 9.97 Å². The van der Waals surface area contributed by atoms with Gasteiger partial charge in [-0.1, -0.05) is 25.4 Å². The Morgan fingerprint density at radius 2 is 1.80 bits per heavy atom. The average Bonchev–Trinajstić information content (AvgIpc) is 2.45. The van der Waals surface area contributed by atoms with Crippen LogP contribution in [0.1, 0.15) is 31.5 Å². The third-order valence-corrected chi connectivity index (χ3v) is 3.41. The van der Waals surface area contributed by atoms with E-state index >= 15 is 0 Å². The molecular formula is C16H19ClN2O. The van der Waals surface area contributed by atoms with Crippen molar-refractivity contribution >= 4 is 11.6 Å². The molecule has 0 bridgehead atoms. The van der Waals surface area contributed by atoms with Crippen molar-refractivity contribution in [3.8, 4) is 17.1 Å². The van der Waals surface area contributed by atoms with Crippen molar-refractivity contribution in [1.29, 1.82) is 0 Å². The summed E-state index contributed by atoms with van der Waals surface area (Å²) in [6.45, 7) is 6.83. The first-order valence-electron chi connectivity index (χ1n) is 6.92. The van der Waals surface area contributed by atoms with Gasteiger partial charge in [-0.15, -0.1) is 0 Å². The highest BCUT2D eigenvalue weighted by molar-refractivity contribution is 6.30. The molecule has 20 heavy (non-hydrogen) atoms. The Balaban J connectivity index is 2.27. The molecule has 106 valence electrons. The number of aryl methyl sites for hydroxylation is 1. The predicted octanol–water partition coefficient (Wildman–Crippen LogP) is 4.46. The van der Waals surface area contributed by atoms with Crippen LogP contribution in [0, 0.1) is 6.92 Å². The molecule has 1 aromatic heterocycles. The third-order valence-electron chi connectivity index (χ3n) is 3.10. The zero-order chi connectivity index (χ0) is 14.5. The molecule has 4 heteroatoms. The summed E-state index contributed by atoms with van der Waals surface area (Å²) in [7, 11) is 0. The third kappa shape index (κ3) is 3.28. The Morgan fingerprint density at radius 3 is 2.35 bits per heavy atom. The molecule has 0 saturated carbocycles. The molecule has 3 nitrogen and oxygen atoms in total. The van der Waals surface area contributed by atoms with Crippen molar-refractivity contribution in [2.45, 2.75) is 33.6 Å². The molecule has 2 aromatic rings. The van der Waals surface area contributed by atoms with Crippen LogP contribution >= 0.6 is 11.6 Å². The molecular weight excluding hydrogens is 272 g/mol. The number of rotatable bonds is 5. The SMILES string of the molecule is CCCOc1ccc(-c2nc(C)c(CC)c(Cl)n2)cc1. The van der Waals surface area contributed by atoms with E-state index in [1.807, 2.05) is 31.2 Å². The van der Waals surface area contributed by atoms with E-state index in [0.29, 0.717) is 11.0 Å². The molecule has 2 rings (SSSR count). The van der Waals surface area contributed by atoms with Crippen molar-refractivity contribution in [3.05, 3.63) is 40.7 Å². The van der Waals surface area contributed by atoms with Crippen LogP contribution in [-0.4, -0.2) is 16.6 Å². The number of nitrogens with zero attached hydrogens (tertiary/aromatic N) is 2. The van der Waals surface area contributed by atoms with Crippen LogP contribution in [0.4, 0.5) is 0 Å². The van der Waals surface area contributed by atoms with Gasteiger partial charge in [0.2, 0.25) is 0 Å². The van der Waals surface area contributed by atoms with Gasteiger partial charge in [-0.2, -0.15) is 0 Å². The monoisotopic (exact) mass is 290 g/mol. The van der Waals surface area contributed by atoms with E-state index in [-0.39, 0.29) is 0 Å². The maximum absolute atomic E-state index is 6.21. The predicted molar refractivity (Wildman–Crippen MR) is 82.4 cm³/mol. The first-order valence-corrected chi connectivity index (χ1v) is 7.29. The van der Waals surface area contributed by atoms with Gasteiger partial charge in [0.05, 0.1) is 6.61 Å². The number of hydrogen-bond donors (Lipinski definition) is 0. The fourth-order valence-electron chi connectivity index (χ4n) is 2.01. The lowest BCUT2D eigenvalue weighted by molar-refractivity contribution is 0.317. The Kier molecular flexibility index (Phi) is 4.96. The van der Waals surface area contributed by atoms with E-state index in [2.05, 4.69) is 23.8 Å². The van der Waals surface area contributed by atoms with Crippen LogP contribution < -0.4 is 4.74 Å². The Hall–Kier alpha value is -1.61. The van der Waals surface area contributed by atoms with E-state index in [9.17, 15) is 0 Å². The molecule has 0 amide bonds. The topological polar surface area (TPSA) is 35.0 Å². The number of ether oxygens (including phenoxy) is 1. The molecule has 1 aromatic carbocycles.